The van der Waals surface area contributed by atoms with Crippen LogP contribution in [0.1, 0.15) is 41.0 Å². The van der Waals surface area contributed by atoms with Crippen LogP contribution >= 0.6 is 0 Å². The summed E-state index contributed by atoms with van der Waals surface area (Å²) < 4.78 is 0. The van der Waals surface area contributed by atoms with Crippen molar-refractivity contribution in [1.29, 1.82) is 0 Å². The molecule has 11 heavy (non-hydrogen) atoms. The molecule has 0 unspecified atom stereocenters. The van der Waals surface area contributed by atoms with Gasteiger partial charge in [0.2, 0.25) is 0 Å². The molecule has 1 N–H and O–H groups in total. The van der Waals surface area contributed by atoms with Gasteiger partial charge in [-0.1, -0.05) is 28.2 Å². The summed E-state index contributed by atoms with van der Waals surface area (Å²) in [5.41, 5.74) is 0. The van der Waals surface area contributed by atoms with E-state index in [9.17, 15) is 4.79 Å². The lowest BCUT2D eigenvalue weighted by Gasteiger charge is -2.05. The molecular weight excluding hydrogens is 138 g/mol. The first kappa shape index (κ1) is 13.2. The Morgan fingerprint density at radius 3 is 2.36 bits per heavy atom. The first-order valence-electron chi connectivity index (χ1n) is 3.92. The zero-order valence-corrected chi connectivity index (χ0v) is 7.11. The molecule has 0 aliphatic rings. The van der Waals surface area contributed by atoms with E-state index in [1.807, 2.05) is 6.92 Å². The molecule has 0 amide bonds. The third-order valence-corrected chi connectivity index (χ3v) is 1.35. The van der Waals surface area contributed by atoms with Crippen molar-refractivity contribution in [2.75, 3.05) is 6.54 Å². The van der Waals surface area contributed by atoms with Gasteiger partial charge in [-0.05, 0) is 0 Å². The van der Waals surface area contributed by atoms with Crippen molar-refractivity contribution in [2.45, 2.75) is 47.1 Å². The van der Waals surface area contributed by atoms with E-state index in [0.29, 0.717) is 24.7 Å². The Hall–Kier alpha value is -0.370. The highest BCUT2D eigenvalue weighted by Crippen LogP contribution is 1.87. The van der Waals surface area contributed by atoms with Crippen molar-refractivity contribution in [3.05, 3.63) is 0 Å². The van der Waals surface area contributed by atoms with E-state index < -0.39 is 0 Å². The Bertz CT molecular complexity index is 99.7. The number of rotatable bonds is 5. The number of carbonyl (C=O) groups is 1. The maximum absolute atomic E-state index is 10.8. The van der Waals surface area contributed by atoms with E-state index in [4.69, 9.17) is 0 Å². The number of ketones is 1. The minimum absolute atomic E-state index is 0. The van der Waals surface area contributed by atoms with Crippen molar-refractivity contribution < 1.29 is 4.79 Å². The molecule has 0 heterocycles. The summed E-state index contributed by atoms with van der Waals surface area (Å²) in [6.07, 6.45) is 1.34. The molecule has 0 aromatic rings. The van der Waals surface area contributed by atoms with Crippen LogP contribution in [0.25, 0.3) is 0 Å². The first-order chi connectivity index (χ1) is 4.66. The van der Waals surface area contributed by atoms with Crippen LogP contribution in [0, 0.1) is 0 Å². The van der Waals surface area contributed by atoms with Gasteiger partial charge in [0.25, 0.3) is 0 Å². The van der Waals surface area contributed by atoms with Crippen LogP contribution in [0.2, 0.25) is 0 Å². The molecule has 0 fully saturated rings. The minimum atomic E-state index is 0. The SMILES string of the molecule is C.CCC(=O)CCNC(C)C. The second kappa shape index (κ2) is 7.73. The van der Waals surface area contributed by atoms with Gasteiger partial charge in [0.1, 0.15) is 5.78 Å². The average Bonchev–Trinajstić information content (AvgIpc) is 1.87. The second-order valence-electron chi connectivity index (χ2n) is 2.75. The molecule has 2 heteroatoms. The quantitative estimate of drug-likeness (QED) is 0.664. The zero-order valence-electron chi connectivity index (χ0n) is 7.11. The molecule has 0 aliphatic heterocycles. The number of hydrogen-bond donors (Lipinski definition) is 1. The molecule has 0 radical (unpaired) electrons. The van der Waals surface area contributed by atoms with Crippen molar-refractivity contribution >= 4 is 5.78 Å². The van der Waals surface area contributed by atoms with Crippen LogP contribution < -0.4 is 5.32 Å². The lowest BCUT2D eigenvalue weighted by atomic mass is 10.2. The van der Waals surface area contributed by atoms with Gasteiger partial charge in [0.05, 0.1) is 0 Å². The van der Waals surface area contributed by atoms with E-state index in [1.54, 1.807) is 0 Å². The normalized spacial score (nSPS) is 9.45. The van der Waals surface area contributed by atoms with Crippen LogP contribution in [0.4, 0.5) is 0 Å². The Kier molecular flexibility index (Phi) is 9.31. The maximum atomic E-state index is 10.8. The highest BCUT2D eigenvalue weighted by Gasteiger charge is 1.97. The van der Waals surface area contributed by atoms with Crippen molar-refractivity contribution in [3.63, 3.8) is 0 Å². The van der Waals surface area contributed by atoms with Crippen LogP contribution in [0.3, 0.4) is 0 Å². The van der Waals surface area contributed by atoms with E-state index in [0.717, 1.165) is 6.54 Å². The average molecular weight is 159 g/mol. The van der Waals surface area contributed by atoms with Crippen LogP contribution in [-0.4, -0.2) is 18.4 Å². The standard InChI is InChI=1S/C8H17NO.CH4/c1-4-8(10)5-6-9-7(2)3;/h7,9H,4-6H2,1-3H3;1H4. The fraction of sp³-hybridized carbons (Fsp3) is 0.889. The predicted octanol–water partition coefficient (Wildman–Crippen LogP) is 1.99. The number of carbonyl (C=O) groups excluding carboxylic acids is 1. The van der Waals surface area contributed by atoms with Gasteiger partial charge in [-0.2, -0.15) is 0 Å². The molecule has 0 atom stereocenters. The molecular formula is C9H21NO. The van der Waals surface area contributed by atoms with Crippen LogP contribution in [0.5, 0.6) is 0 Å². The smallest absolute Gasteiger partial charge is 0.133 e. The van der Waals surface area contributed by atoms with Crippen LogP contribution in [0.15, 0.2) is 0 Å². The molecule has 0 saturated carbocycles. The van der Waals surface area contributed by atoms with Gasteiger partial charge in [-0.3, -0.25) is 4.79 Å². The van der Waals surface area contributed by atoms with Crippen LogP contribution in [-0.2, 0) is 4.79 Å². The molecule has 0 aromatic heterocycles. The fourth-order valence-electron chi connectivity index (χ4n) is 0.677. The fourth-order valence-corrected chi connectivity index (χ4v) is 0.677. The van der Waals surface area contributed by atoms with Gasteiger partial charge in [0.15, 0.2) is 0 Å². The summed E-state index contributed by atoms with van der Waals surface area (Å²) in [6, 6.07) is 0.490. The van der Waals surface area contributed by atoms with Crippen molar-refractivity contribution in [2.24, 2.45) is 0 Å². The number of hydrogen-bond acceptors (Lipinski definition) is 2. The van der Waals surface area contributed by atoms with E-state index >= 15 is 0 Å². The third kappa shape index (κ3) is 9.63. The maximum Gasteiger partial charge on any atom is 0.133 e. The molecule has 0 aliphatic carbocycles. The Morgan fingerprint density at radius 2 is 2.00 bits per heavy atom. The highest BCUT2D eigenvalue weighted by molar-refractivity contribution is 5.78. The second-order valence-corrected chi connectivity index (χ2v) is 2.75. The molecule has 68 valence electrons. The first-order valence-corrected chi connectivity index (χ1v) is 3.92. The largest absolute Gasteiger partial charge is 0.314 e. The predicted molar refractivity (Wildman–Crippen MR) is 49.8 cm³/mol. The molecule has 0 aromatic carbocycles. The Balaban J connectivity index is 0. The molecule has 0 rings (SSSR count). The molecule has 0 spiro atoms. The molecule has 2 nitrogen and oxygen atoms in total. The highest BCUT2D eigenvalue weighted by atomic mass is 16.1. The zero-order chi connectivity index (χ0) is 7.98. The van der Waals surface area contributed by atoms with Crippen molar-refractivity contribution in [1.82, 2.24) is 5.32 Å². The Morgan fingerprint density at radius 1 is 1.45 bits per heavy atom. The van der Waals surface area contributed by atoms with E-state index in [2.05, 4.69) is 19.2 Å². The van der Waals surface area contributed by atoms with Gasteiger partial charge in [0, 0.05) is 25.4 Å². The topological polar surface area (TPSA) is 29.1 Å². The van der Waals surface area contributed by atoms with Gasteiger partial charge < -0.3 is 5.32 Å². The Labute approximate surface area is 70.4 Å². The summed E-state index contributed by atoms with van der Waals surface area (Å²) >= 11 is 0. The molecule has 0 saturated heterocycles. The lowest BCUT2D eigenvalue weighted by Crippen LogP contribution is -2.25. The third-order valence-electron chi connectivity index (χ3n) is 1.35. The summed E-state index contributed by atoms with van der Waals surface area (Å²) in [5, 5.41) is 3.19. The van der Waals surface area contributed by atoms with Gasteiger partial charge in [-0.15, -0.1) is 0 Å². The summed E-state index contributed by atoms with van der Waals surface area (Å²) in [4.78, 5) is 10.8. The lowest BCUT2D eigenvalue weighted by molar-refractivity contribution is -0.118. The minimum Gasteiger partial charge on any atom is -0.314 e. The van der Waals surface area contributed by atoms with Gasteiger partial charge in [-0.25, -0.2) is 0 Å². The van der Waals surface area contributed by atoms with E-state index in [-0.39, 0.29) is 7.43 Å². The molecule has 0 bridgehead atoms. The van der Waals surface area contributed by atoms with E-state index in [1.165, 1.54) is 0 Å². The summed E-state index contributed by atoms with van der Waals surface area (Å²) in [6.45, 7) is 6.88. The number of Topliss-reactive ketones (excluding diaryl/α,β-unsaturated/α-hetero) is 1. The van der Waals surface area contributed by atoms with Crippen molar-refractivity contribution in [3.8, 4) is 0 Å². The summed E-state index contributed by atoms with van der Waals surface area (Å²) in [7, 11) is 0. The summed E-state index contributed by atoms with van der Waals surface area (Å²) in [5.74, 6) is 0.341. The van der Waals surface area contributed by atoms with Gasteiger partial charge >= 0.3 is 0 Å². The monoisotopic (exact) mass is 159 g/mol. The number of nitrogens with one attached hydrogen (secondary N) is 1.